The topological polar surface area (TPSA) is 72.8 Å². The Bertz CT molecular complexity index is 667. The summed E-state index contributed by atoms with van der Waals surface area (Å²) in [5.74, 6) is 0. The Morgan fingerprint density at radius 2 is 1.50 bits per heavy atom. The van der Waals surface area contributed by atoms with Crippen LogP contribution < -0.4 is 0 Å². The minimum Gasteiger partial charge on any atom is -0.388 e. The fourth-order valence-corrected chi connectivity index (χ4v) is 3.88. The Balaban J connectivity index is 1.98. The first kappa shape index (κ1) is 26.8. The van der Waals surface area contributed by atoms with E-state index in [9.17, 15) is 13.5 Å². The zero-order valence-electron chi connectivity index (χ0n) is 18.7. The lowest BCUT2D eigenvalue weighted by atomic mass is 10.1. The van der Waals surface area contributed by atoms with Gasteiger partial charge in [0, 0.05) is 6.61 Å². The van der Waals surface area contributed by atoms with Crippen molar-refractivity contribution in [3.63, 3.8) is 0 Å². The molecule has 30 heavy (non-hydrogen) atoms. The van der Waals surface area contributed by atoms with E-state index in [1.54, 1.807) is 12.1 Å². The van der Waals surface area contributed by atoms with Crippen molar-refractivity contribution in [2.24, 2.45) is 0 Å². The predicted octanol–water partition coefficient (Wildman–Crippen LogP) is 5.55. The van der Waals surface area contributed by atoms with E-state index in [4.69, 9.17) is 8.92 Å². The molecule has 1 N–H and O–H groups in total. The third-order valence-corrected chi connectivity index (χ3v) is 6.13. The quantitative estimate of drug-likeness (QED) is 0.184. The molecular formula is C24H40O5S. The van der Waals surface area contributed by atoms with Crippen LogP contribution in [0.25, 0.3) is 0 Å². The van der Waals surface area contributed by atoms with E-state index in [1.807, 2.05) is 6.92 Å². The fraction of sp³-hybridized carbons (Fsp3) is 0.667. The molecule has 0 radical (unpaired) electrons. The van der Waals surface area contributed by atoms with Gasteiger partial charge in [0.05, 0.1) is 18.1 Å². The number of allylic oxidation sites excluding steroid dienone is 2. The van der Waals surface area contributed by atoms with Crippen molar-refractivity contribution in [3.05, 3.63) is 42.0 Å². The van der Waals surface area contributed by atoms with Gasteiger partial charge in [-0.15, -0.1) is 0 Å². The van der Waals surface area contributed by atoms with Gasteiger partial charge in [-0.25, -0.2) is 0 Å². The van der Waals surface area contributed by atoms with Crippen LogP contribution in [0, 0.1) is 6.92 Å². The Morgan fingerprint density at radius 3 is 2.17 bits per heavy atom. The molecule has 1 aromatic carbocycles. The number of aliphatic hydroxyl groups is 1. The maximum absolute atomic E-state index is 12.1. The van der Waals surface area contributed by atoms with Crippen LogP contribution in [0.5, 0.6) is 0 Å². The van der Waals surface area contributed by atoms with Crippen LogP contribution in [0.4, 0.5) is 0 Å². The molecular weight excluding hydrogens is 400 g/mol. The number of aryl methyl sites for hydroxylation is 1. The van der Waals surface area contributed by atoms with Crippen molar-refractivity contribution < 1.29 is 22.4 Å². The molecule has 1 aromatic rings. The summed E-state index contributed by atoms with van der Waals surface area (Å²) in [6.07, 6.45) is 15.6. The highest BCUT2D eigenvalue weighted by atomic mass is 32.2. The summed E-state index contributed by atoms with van der Waals surface area (Å²) >= 11 is 0. The van der Waals surface area contributed by atoms with Crippen LogP contribution in [0.3, 0.4) is 0 Å². The molecule has 172 valence electrons. The lowest BCUT2D eigenvalue weighted by Crippen LogP contribution is -2.24. The third kappa shape index (κ3) is 13.2. The molecule has 1 atom stereocenters. The summed E-state index contributed by atoms with van der Waals surface area (Å²) in [5.41, 5.74) is 0.970. The number of rotatable bonds is 18. The number of benzene rings is 1. The van der Waals surface area contributed by atoms with E-state index in [0.29, 0.717) is 6.61 Å². The van der Waals surface area contributed by atoms with Gasteiger partial charge in [0.2, 0.25) is 0 Å². The smallest absolute Gasteiger partial charge is 0.297 e. The van der Waals surface area contributed by atoms with Gasteiger partial charge in [-0.1, -0.05) is 75.3 Å². The maximum atomic E-state index is 12.1. The second-order valence-electron chi connectivity index (χ2n) is 7.80. The summed E-state index contributed by atoms with van der Waals surface area (Å²) in [6, 6.07) is 6.42. The van der Waals surface area contributed by atoms with E-state index in [2.05, 4.69) is 19.1 Å². The Labute approximate surface area is 183 Å². The zero-order chi connectivity index (χ0) is 22.1. The van der Waals surface area contributed by atoms with Gasteiger partial charge in [0.25, 0.3) is 10.1 Å². The summed E-state index contributed by atoms with van der Waals surface area (Å²) in [4.78, 5) is 0.0914. The molecule has 0 aromatic heterocycles. The fourth-order valence-electron chi connectivity index (χ4n) is 2.94. The normalized spacial score (nSPS) is 13.2. The number of ether oxygens (including phenoxy) is 1. The first-order valence-electron chi connectivity index (χ1n) is 11.3. The van der Waals surface area contributed by atoms with Gasteiger partial charge >= 0.3 is 0 Å². The number of hydrogen-bond acceptors (Lipinski definition) is 5. The Kier molecular flexibility index (Phi) is 14.7. The minimum absolute atomic E-state index is 0.0772. The first-order chi connectivity index (χ1) is 14.5. The second kappa shape index (κ2) is 16.5. The second-order valence-corrected chi connectivity index (χ2v) is 9.42. The van der Waals surface area contributed by atoms with E-state index in [-0.39, 0.29) is 18.1 Å². The number of unbranched alkanes of at least 4 members (excludes halogenated alkanes) is 8. The molecule has 0 heterocycles. The lowest BCUT2D eigenvalue weighted by Gasteiger charge is -2.12. The van der Waals surface area contributed by atoms with Gasteiger partial charge in [0.1, 0.15) is 6.10 Å². The molecule has 0 spiro atoms. The van der Waals surface area contributed by atoms with Gasteiger partial charge in [-0.2, -0.15) is 8.42 Å². The first-order valence-corrected chi connectivity index (χ1v) is 12.7. The average molecular weight is 441 g/mol. The van der Waals surface area contributed by atoms with E-state index >= 15 is 0 Å². The minimum atomic E-state index is -3.85. The molecule has 0 saturated heterocycles. The molecule has 1 rings (SSSR count). The summed E-state index contributed by atoms with van der Waals surface area (Å²) < 4.78 is 34.5. The Hall–Kier alpha value is -1.21. The maximum Gasteiger partial charge on any atom is 0.297 e. The zero-order valence-corrected chi connectivity index (χ0v) is 19.5. The van der Waals surface area contributed by atoms with Crippen LogP contribution in [0.2, 0.25) is 0 Å². The molecule has 0 amide bonds. The van der Waals surface area contributed by atoms with E-state index < -0.39 is 16.2 Å². The SMILES string of the molecule is CCCC/C=C\CCCCCCCCOCC(O)COS(=O)(=O)c1ccc(C)cc1. The highest BCUT2D eigenvalue weighted by Gasteiger charge is 2.17. The molecule has 0 fully saturated rings. The lowest BCUT2D eigenvalue weighted by molar-refractivity contribution is 0.0122. The molecule has 0 bridgehead atoms. The number of aliphatic hydroxyl groups excluding tert-OH is 1. The van der Waals surface area contributed by atoms with Crippen LogP contribution in [-0.4, -0.2) is 39.4 Å². The van der Waals surface area contributed by atoms with Crippen molar-refractivity contribution in [1.82, 2.24) is 0 Å². The van der Waals surface area contributed by atoms with Gasteiger partial charge < -0.3 is 9.84 Å². The standard InChI is InChI=1S/C24H40O5S/c1-3-4-5-6-7-8-9-10-11-12-13-14-19-28-20-23(25)21-29-30(26,27)24-17-15-22(2)16-18-24/h6-7,15-18,23,25H,3-5,8-14,19-21H2,1-2H3/b7-6-. The molecule has 0 aliphatic heterocycles. The summed E-state index contributed by atoms with van der Waals surface area (Å²) in [6.45, 7) is 4.45. The molecule has 0 aliphatic carbocycles. The average Bonchev–Trinajstić information content (AvgIpc) is 2.73. The van der Waals surface area contributed by atoms with Crippen molar-refractivity contribution in [2.75, 3.05) is 19.8 Å². The summed E-state index contributed by atoms with van der Waals surface area (Å²) in [7, 11) is -3.85. The van der Waals surface area contributed by atoms with E-state index in [0.717, 1.165) is 18.4 Å². The van der Waals surface area contributed by atoms with Gasteiger partial charge in [0.15, 0.2) is 0 Å². The third-order valence-electron chi connectivity index (χ3n) is 4.84. The predicted molar refractivity (Wildman–Crippen MR) is 122 cm³/mol. The highest BCUT2D eigenvalue weighted by molar-refractivity contribution is 7.86. The van der Waals surface area contributed by atoms with E-state index in [1.165, 1.54) is 63.5 Å². The van der Waals surface area contributed by atoms with Gasteiger partial charge in [-0.3, -0.25) is 4.18 Å². The molecule has 6 heteroatoms. The largest absolute Gasteiger partial charge is 0.388 e. The Morgan fingerprint density at radius 1 is 0.900 bits per heavy atom. The van der Waals surface area contributed by atoms with Gasteiger partial charge in [-0.05, 0) is 44.7 Å². The van der Waals surface area contributed by atoms with Crippen LogP contribution >= 0.6 is 0 Å². The monoisotopic (exact) mass is 440 g/mol. The number of hydrogen-bond donors (Lipinski definition) is 1. The van der Waals surface area contributed by atoms with Crippen LogP contribution in [-0.2, 0) is 19.0 Å². The van der Waals surface area contributed by atoms with Crippen LogP contribution in [0.15, 0.2) is 41.3 Å². The van der Waals surface area contributed by atoms with Crippen molar-refractivity contribution in [3.8, 4) is 0 Å². The molecule has 5 nitrogen and oxygen atoms in total. The van der Waals surface area contributed by atoms with Crippen molar-refractivity contribution in [2.45, 2.75) is 89.1 Å². The van der Waals surface area contributed by atoms with Crippen molar-refractivity contribution in [1.29, 1.82) is 0 Å². The molecule has 0 saturated carbocycles. The highest BCUT2D eigenvalue weighted by Crippen LogP contribution is 2.13. The molecule has 0 aliphatic rings. The summed E-state index contributed by atoms with van der Waals surface area (Å²) in [5, 5.41) is 9.87. The van der Waals surface area contributed by atoms with Crippen molar-refractivity contribution >= 4 is 10.1 Å². The van der Waals surface area contributed by atoms with Crippen LogP contribution in [0.1, 0.15) is 76.7 Å². The molecule has 1 unspecified atom stereocenters.